The molecule has 2 heterocycles. The van der Waals surface area contributed by atoms with Crippen molar-refractivity contribution in [3.05, 3.63) is 87.5 Å². The molecule has 0 bridgehead atoms. The average molecular weight is 534 g/mol. The molecule has 33 heavy (non-hydrogen) atoms. The molecule has 2 aromatic carbocycles. The van der Waals surface area contributed by atoms with Gasteiger partial charge in [-0.25, -0.2) is 15.1 Å². The van der Waals surface area contributed by atoms with Gasteiger partial charge in [0, 0.05) is 15.4 Å². The summed E-state index contributed by atoms with van der Waals surface area (Å²) in [6, 6.07) is 16.9. The largest absolute Gasteiger partial charge is 0.435 e. The third-order valence-corrected chi connectivity index (χ3v) is 5.91. The Morgan fingerprint density at radius 1 is 1.12 bits per heavy atom. The molecular formula is C22H15BrF3N5OS. The number of carbonyl (C=O) groups is 1. The predicted molar refractivity (Wildman–Crippen MR) is 123 cm³/mol. The smallest absolute Gasteiger partial charge is 0.266 e. The Morgan fingerprint density at radius 3 is 2.48 bits per heavy atom. The molecule has 2 aromatic heterocycles. The Morgan fingerprint density at radius 2 is 1.82 bits per heavy atom. The van der Waals surface area contributed by atoms with Gasteiger partial charge in [-0.05, 0) is 30.7 Å². The second kappa shape index (κ2) is 9.28. The van der Waals surface area contributed by atoms with Crippen LogP contribution in [0.3, 0.4) is 0 Å². The van der Waals surface area contributed by atoms with Crippen LogP contribution in [-0.2, 0) is 6.18 Å². The number of halogens is 4. The molecule has 0 saturated heterocycles. The summed E-state index contributed by atoms with van der Waals surface area (Å²) >= 11 is 4.36. The molecule has 6 nitrogen and oxygen atoms in total. The predicted octanol–water partition coefficient (Wildman–Crippen LogP) is 5.93. The molecule has 4 aromatic rings. The first-order chi connectivity index (χ1) is 15.7. The molecule has 0 spiro atoms. The van der Waals surface area contributed by atoms with Crippen molar-refractivity contribution in [2.45, 2.75) is 13.1 Å². The Balaban J connectivity index is 1.60. The van der Waals surface area contributed by atoms with Crippen LogP contribution in [-0.4, -0.2) is 26.4 Å². The van der Waals surface area contributed by atoms with Gasteiger partial charge in [-0.2, -0.15) is 23.4 Å². The molecule has 0 aliphatic heterocycles. The van der Waals surface area contributed by atoms with Crippen LogP contribution in [0, 0.1) is 0 Å². The van der Waals surface area contributed by atoms with Gasteiger partial charge in [0.1, 0.15) is 5.69 Å². The van der Waals surface area contributed by atoms with Crippen molar-refractivity contribution >= 4 is 38.9 Å². The lowest BCUT2D eigenvalue weighted by molar-refractivity contribution is -0.141. The van der Waals surface area contributed by atoms with E-state index < -0.39 is 17.8 Å². The van der Waals surface area contributed by atoms with Gasteiger partial charge in [0.05, 0.1) is 11.4 Å². The van der Waals surface area contributed by atoms with E-state index in [-0.39, 0.29) is 16.5 Å². The molecule has 168 valence electrons. The maximum absolute atomic E-state index is 13.3. The quantitative estimate of drug-likeness (QED) is 0.255. The van der Waals surface area contributed by atoms with Gasteiger partial charge in [-0.15, -0.1) is 11.3 Å². The van der Waals surface area contributed by atoms with Gasteiger partial charge in [0.25, 0.3) is 5.91 Å². The highest BCUT2D eigenvalue weighted by Crippen LogP contribution is 2.33. The zero-order valence-corrected chi connectivity index (χ0v) is 19.4. The number of nitrogens with one attached hydrogen (secondary N) is 1. The van der Waals surface area contributed by atoms with Gasteiger partial charge in [-0.3, -0.25) is 4.79 Å². The number of rotatable bonds is 5. The molecule has 0 aliphatic carbocycles. The van der Waals surface area contributed by atoms with Crippen LogP contribution in [0.1, 0.15) is 28.7 Å². The Hall–Kier alpha value is -3.31. The van der Waals surface area contributed by atoms with Crippen molar-refractivity contribution in [2.75, 3.05) is 0 Å². The number of benzene rings is 2. The standard InChI is InChI=1S/C22H15BrF3N5OS/c1-13(14-7-9-16(23)10-8-14)28-29-20(32)17-12-33-21(27-17)31-18(15-5-3-2-4-6-15)11-19(30-31)22(24,25)26/h2-12H,1H3,(H,29,32). The van der Waals surface area contributed by atoms with E-state index in [1.54, 1.807) is 37.3 Å². The second-order valence-corrected chi connectivity index (χ2v) is 8.60. The minimum absolute atomic E-state index is 0.0189. The molecule has 1 N–H and O–H groups in total. The summed E-state index contributed by atoms with van der Waals surface area (Å²) in [5.74, 6) is -0.585. The van der Waals surface area contributed by atoms with Crippen LogP contribution < -0.4 is 5.43 Å². The molecule has 0 atom stereocenters. The zero-order chi connectivity index (χ0) is 23.6. The minimum Gasteiger partial charge on any atom is -0.266 e. The van der Waals surface area contributed by atoms with Crippen molar-refractivity contribution in [1.29, 1.82) is 0 Å². The highest BCUT2D eigenvalue weighted by molar-refractivity contribution is 9.10. The summed E-state index contributed by atoms with van der Waals surface area (Å²) in [5.41, 5.74) is 3.56. The van der Waals surface area contributed by atoms with E-state index in [9.17, 15) is 18.0 Å². The topological polar surface area (TPSA) is 72.2 Å². The van der Waals surface area contributed by atoms with E-state index in [4.69, 9.17) is 0 Å². The number of hydrazone groups is 1. The van der Waals surface area contributed by atoms with E-state index in [1.165, 1.54) is 5.38 Å². The highest BCUT2D eigenvalue weighted by atomic mass is 79.9. The third-order valence-electron chi connectivity index (χ3n) is 4.56. The summed E-state index contributed by atoms with van der Waals surface area (Å²) in [6.45, 7) is 1.74. The van der Waals surface area contributed by atoms with Gasteiger partial charge in [0.15, 0.2) is 5.69 Å². The monoisotopic (exact) mass is 533 g/mol. The second-order valence-electron chi connectivity index (χ2n) is 6.85. The van der Waals surface area contributed by atoms with Gasteiger partial charge in [-0.1, -0.05) is 58.4 Å². The van der Waals surface area contributed by atoms with E-state index >= 15 is 0 Å². The molecule has 0 radical (unpaired) electrons. The molecule has 1 amide bonds. The van der Waals surface area contributed by atoms with Gasteiger partial charge < -0.3 is 0 Å². The number of hydrogen-bond acceptors (Lipinski definition) is 5. The molecule has 4 rings (SSSR count). The van der Waals surface area contributed by atoms with E-state index in [0.29, 0.717) is 11.3 Å². The lowest BCUT2D eigenvalue weighted by atomic mass is 10.1. The molecule has 0 saturated carbocycles. The average Bonchev–Trinajstić information content (AvgIpc) is 3.46. The Kier molecular flexibility index (Phi) is 6.43. The van der Waals surface area contributed by atoms with Crippen molar-refractivity contribution in [2.24, 2.45) is 5.10 Å². The number of nitrogens with zero attached hydrogens (tertiary/aromatic N) is 4. The number of thiazole rings is 1. The van der Waals surface area contributed by atoms with Crippen molar-refractivity contribution in [3.63, 3.8) is 0 Å². The maximum Gasteiger partial charge on any atom is 0.435 e. The molecular weight excluding hydrogens is 519 g/mol. The van der Waals surface area contributed by atoms with Gasteiger partial charge >= 0.3 is 6.18 Å². The number of alkyl halides is 3. The minimum atomic E-state index is -4.62. The number of hydrogen-bond donors (Lipinski definition) is 1. The van der Waals surface area contributed by atoms with E-state index in [0.717, 1.165) is 32.1 Å². The van der Waals surface area contributed by atoms with Crippen LogP contribution in [0.4, 0.5) is 13.2 Å². The fourth-order valence-corrected chi connectivity index (χ4v) is 3.92. The molecule has 11 heteroatoms. The SMILES string of the molecule is CC(=NNC(=O)c1csc(-n2nc(C(F)(F)F)cc2-c2ccccc2)n1)c1ccc(Br)cc1. The van der Waals surface area contributed by atoms with Crippen molar-refractivity contribution < 1.29 is 18.0 Å². The Labute approximate surface area is 198 Å². The lowest BCUT2D eigenvalue weighted by Gasteiger charge is -2.04. The first-order valence-electron chi connectivity index (χ1n) is 9.51. The van der Waals surface area contributed by atoms with Crippen LogP contribution in [0.25, 0.3) is 16.4 Å². The number of aromatic nitrogens is 3. The van der Waals surface area contributed by atoms with Crippen LogP contribution >= 0.6 is 27.3 Å². The summed E-state index contributed by atoms with van der Waals surface area (Å²) in [6.07, 6.45) is -4.62. The summed E-state index contributed by atoms with van der Waals surface area (Å²) < 4.78 is 41.9. The summed E-state index contributed by atoms with van der Waals surface area (Å²) in [7, 11) is 0. The third kappa shape index (κ3) is 5.20. The van der Waals surface area contributed by atoms with Crippen LogP contribution in [0.5, 0.6) is 0 Å². The van der Waals surface area contributed by atoms with Crippen LogP contribution in [0.2, 0.25) is 0 Å². The fraction of sp³-hybridized carbons (Fsp3) is 0.0909. The first-order valence-corrected chi connectivity index (χ1v) is 11.2. The highest BCUT2D eigenvalue weighted by Gasteiger charge is 2.35. The molecule has 0 unspecified atom stereocenters. The Bertz CT molecular complexity index is 1310. The maximum atomic E-state index is 13.3. The van der Waals surface area contributed by atoms with E-state index in [1.807, 2.05) is 24.3 Å². The molecule has 0 fully saturated rings. The number of carbonyl (C=O) groups excluding carboxylic acids is 1. The first kappa shape index (κ1) is 22.9. The summed E-state index contributed by atoms with van der Waals surface area (Å²) in [5, 5.41) is 9.35. The fourth-order valence-electron chi connectivity index (χ4n) is 2.89. The number of amides is 1. The van der Waals surface area contributed by atoms with Gasteiger partial charge in [0.2, 0.25) is 5.13 Å². The summed E-state index contributed by atoms with van der Waals surface area (Å²) in [4.78, 5) is 16.7. The van der Waals surface area contributed by atoms with Crippen molar-refractivity contribution in [1.82, 2.24) is 20.2 Å². The lowest BCUT2D eigenvalue weighted by Crippen LogP contribution is -2.20. The zero-order valence-electron chi connectivity index (χ0n) is 17.0. The normalized spacial score (nSPS) is 12.1. The van der Waals surface area contributed by atoms with E-state index in [2.05, 4.69) is 36.5 Å². The molecule has 0 aliphatic rings. The van der Waals surface area contributed by atoms with Crippen molar-refractivity contribution in [3.8, 4) is 16.4 Å². The van der Waals surface area contributed by atoms with Crippen LogP contribution in [0.15, 0.2) is 75.6 Å².